The van der Waals surface area contributed by atoms with Crippen molar-refractivity contribution >= 4 is 11.7 Å². The quantitative estimate of drug-likeness (QED) is 0.616. The number of anilines is 1. The Morgan fingerprint density at radius 2 is 2.15 bits per heavy atom. The largest absolute Gasteiger partial charge is 0.504 e. The van der Waals surface area contributed by atoms with Crippen molar-refractivity contribution < 1.29 is 19.5 Å². The third-order valence-corrected chi connectivity index (χ3v) is 2.71. The van der Waals surface area contributed by atoms with Crippen molar-refractivity contribution in [1.29, 1.82) is 0 Å². The number of nitrogens with two attached hydrogens (primary N) is 1. The number of nitrogens with zero attached hydrogens (tertiary/aromatic N) is 1. The molecule has 0 aliphatic heterocycles. The van der Waals surface area contributed by atoms with Crippen molar-refractivity contribution in [2.24, 2.45) is 5.73 Å². The summed E-state index contributed by atoms with van der Waals surface area (Å²) in [6, 6.07) is 5.06. The summed E-state index contributed by atoms with van der Waals surface area (Å²) < 4.78 is 4.83. The molecular formula is C13H15N3O4. The fourth-order valence-corrected chi connectivity index (χ4v) is 1.69. The lowest BCUT2D eigenvalue weighted by Gasteiger charge is -2.11. The second-order valence-electron chi connectivity index (χ2n) is 4.45. The molecule has 0 fully saturated rings. The highest BCUT2D eigenvalue weighted by molar-refractivity contribution is 5.94. The summed E-state index contributed by atoms with van der Waals surface area (Å²) in [7, 11) is 0. The highest BCUT2D eigenvalue weighted by atomic mass is 16.5. The van der Waals surface area contributed by atoms with Crippen LogP contribution in [0.2, 0.25) is 0 Å². The fourth-order valence-electron chi connectivity index (χ4n) is 1.69. The van der Waals surface area contributed by atoms with Crippen LogP contribution in [0.4, 0.5) is 5.82 Å². The van der Waals surface area contributed by atoms with E-state index in [0.29, 0.717) is 17.1 Å². The monoisotopic (exact) mass is 277 g/mol. The van der Waals surface area contributed by atoms with Crippen molar-refractivity contribution in [1.82, 2.24) is 5.16 Å². The Kier molecular flexibility index (Phi) is 3.90. The molecule has 0 unspecified atom stereocenters. The van der Waals surface area contributed by atoms with Gasteiger partial charge in [-0.25, -0.2) is 0 Å². The van der Waals surface area contributed by atoms with Gasteiger partial charge in [-0.1, -0.05) is 11.2 Å². The number of hydrogen-bond donors (Lipinski definition) is 4. The molecule has 1 aromatic heterocycles. The molecule has 0 saturated heterocycles. The molecular weight excluding hydrogens is 262 g/mol. The van der Waals surface area contributed by atoms with Crippen LogP contribution in [-0.2, 0) is 11.2 Å². The number of hydrogen-bond acceptors (Lipinski definition) is 6. The lowest BCUT2D eigenvalue weighted by Crippen LogP contribution is -2.37. The zero-order valence-electron chi connectivity index (χ0n) is 10.8. The molecule has 2 rings (SSSR count). The van der Waals surface area contributed by atoms with E-state index in [1.807, 2.05) is 0 Å². The van der Waals surface area contributed by atoms with Crippen molar-refractivity contribution in [3.63, 3.8) is 0 Å². The second kappa shape index (κ2) is 5.62. The number of carbonyl (C=O) groups excluding carboxylic acids is 1. The summed E-state index contributed by atoms with van der Waals surface area (Å²) >= 11 is 0. The van der Waals surface area contributed by atoms with Crippen molar-refractivity contribution in [2.75, 3.05) is 5.32 Å². The van der Waals surface area contributed by atoms with Gasteiger partial charge in [0.05, 0.1) is 6.04 Å². The summed E-state index contributed by atoms with van der Waals surface area (Å²) in [6.07, 6.45) is 0.219. The van der Waals surface area contributed by atoms with Gasteiger partial charge in [-0.15, -0.1) is 0 Å². The molecule has 0 radical (unpaired) electrons. The molecule has 0 spiro atoms. The van der Waals surface area contributed by atoms with E-state index < -0.39 is 11.9 Å². The van der Waals surface area contributed by atoms with Gasteiger partial charge in [0, 0.05) is 6.07 Å². The van der Waals surface area contributed by atoms with Crippen molar-refractivity contribution in [3.05, 3.63) is 35.6 Å². The van der Waals surface area contributed by atoms with E-state index in [-0.39, 0.29) is 17.9 Å². The molecule has 0 saturated carbocycles. The normalized spacial score (nSPS) is 12.1. The van der Waals surface area contributed by atoms with Crippen molar-refractivity contribution in [3.8, 4) is 11.5 Å². The predicted octanol–water partition coefficient (Wildman–Crippen LogP) is 0.903. The Labute approximate surface area is 115 Å². The van der Waals surface area contributed by atoms with Gasteiger partial charge in [0.25, 0.3) is 0 Å². The maximum atomic E-state index is 11.8. The van der Waals surface area contributed by atoms with Crippen molar-refractivity contribution in [2.45, 2.75) is 19.4 Å². The number of benzene rings is 1. The van der Waals surface area contributed by atoms with Crippen LogP contribution in [-0.4, -0.2) is 27.3 Å². The van der Waals surface area contributed by atoms with Crippen LogP contribution in [0.3, 0.4) is 0 Å². The summed E-state index contributed by atoms with van der Waals surface area (Å²) in [6.45, 7) is 1.71. The van der Waals surface area contributed by atoms with E-state index in [2.05, 4.69) is 10.5 Å². The average molecular weight is 277 g/mol. The third kappa shape index (κ3) is 3.27. The zero-order chi connectivity index (χ0) is 14.7. The first kappa shape index (κ1) is 13.9. The summed E-state index contributed by atoms with van der Waals surface area (Å²) in [4.78, 5) is 11.8. The Hall–Kier alpha value is -2.54. The minimum atomic E-state index is -0.809. The second-order valence-corrected chi connectivity index (χ2v) is 4.45. The molecule has 1 heterocycles. The Morgan fingerprint density at radius 3 is 2.75 bits per heavy atom. The van der Waals surface area contributed by atoms with Crippen LogP contribution in [0.5, 0.6) is 11.5 Å². The molecule has 1 atom stereocenters. The first-order valence-electron chi connectivity index (χ1n) is 5.96. The standard InChI is InChI=1S/C13H15N3O4/c1-7-4-12(16-20-7)15-13(19)9(14)5-8-2-3-10(17)11(18)6-8/h2-4,6,9,17-18H,5,14H2,1H3,(H,15,16,19)/t9-/m0/s1. The van der Waals surface area contributed by atoms with Gasteiger partial charge < -0.3 is 25.8 Å². The maximum absolute atomic E-state index is 11.8. The van der Waals surface area contributed by atoms with E-state index in [1.54, 1.807) is 19.1 Å². The predicted molar refractivity (Wildman–Crippen MR) is 71.3 cm³/mol. The zero-order valence-corrected chi connectivity index (χ0v) is 10.8. The summed E-state index contributed by atoms with van der Waals surface area (Å²) in [5.41, 5.74) is 6.42. The average Bonchev–Trinajstić information content (AvgIpc) is 2.79. The van der Waals surface area contributed by atoms with E-state index in [1.165, 1.54) is 12.1 Å². The number of aryl methyl sites for hydroxylation is 1. The minimum Gasteiger partial charge on any atom is -0.504 e. The molecule has 7 nitrogen and oxygen atoms in total. The number of aromatic nitrogens is 1. The topological polar surface area (TPSA) is 122 Å². The Bertz CT molecular complexity index is 624. The number of phenolic OH excluding ortho intramolecular Hbond substituents is 2. The molecule has 2 aromatic rings. The molecule has 106 valence electrons. The smallest absolute Gasteiger partial charge is 0.242 e. The number of phenols is 2. The highest BCUT2D eigenvalue weighted by Crippen LogP contribution is 2.25. The van der Waals surface area contributed by atoms with Gasteiger partial charge in [-0.3, -0.25) is 4.79 Å². The maximum Gasteiger partial charge on any atom is 0.242 e. The van der Waals surface area contributed by atoms with Crippen LogP contribution in [0.15, 0.2) is 28.8 Å². The van der Waals surface area contributed by atoms with Crippen LogP contribution >= 0.6 is 0 Å². The molecule has 0 bridgehead atoms. The first-order valence-corrected chi connectivity index (χ1v) is 5.96. The molecule has 1 aromatic carbocycles. The lowest BCUT2D eigenvalue weighted by molar-refractivity contribution is -0.117. The molecule has 0 aliphatic rings. The molecule has 0 aliphatic carbocycles. The number of nitrogens with one attached hydrogen (secondary N) is 1. The van der Waals surface area contributed by atoms with Gasteiger partial charge in [0.1, 0.15) is 5.76 Å². The Balaban J connectivity index is 1.98. The molecule has 1 amide bonds. The molecule has 5 N–H and O–H groups in total. The molecule has 20 heavy (non-hydrogen) atoms. The lowest BCUT2D eigenvalue weighted by atomic mass is 10.1. The van der Waals surface area contributed by atoms with Crippen LogP contribution in [0, 0.1) is 6.92 Å². The number of aromatic hydroxyl groups is 2. The van der Waals surface area contributed by atoms with E-state index in [4.69, 9.17) is 10.3 Å². The minimum absolute atomic E-state index is 0.218. The van der Waals surface area contributed by atoms with E-state index in [0.717, 1.165) is 0 Å². The highest BCUT2D eigenvalue weighted by Gasteiger charge is 2.16. The number of amides is 1. The summed E-state index contributed by atoms with van der Waals surface area (Å²) in [5, 5.41) is 24.7. The van der Waals surface area contributed by atoms with Gasteiger partial charge in [-0.05, 0) is 31.0 Å². The van der Waals surface area contributed by atoms with Crippen LogP contribution in [0.1, 0.15) is 11.3 Å². The van der Waals surface area contributed by atoms with Crippen LogP contribution in [0.25, 0.3) is 0 Å². The number of carbonyl (C=O) groups is 1. The van der Waals surface area contributed by atoms with E-state index in [9.17, 15) is 15.0 Å². The van der Waals surface area contributed by atoms with E-state index >= 15 is 0 Å². The van der Waals surface area contributed by atoms with Gasteiger partial charge in [-0.2, -0.15) is 0 Å². The van der Waals surface area contributed by atoms with Gasteiger partial charge in [0.15, 0.2) is 17.3 Å². The third-order valence-electron chi connectivity index (χ3n) is 2.71. The van der Waals surface area contributed by atoms with Gasteiger partial charge in [0.2, 0.25) is 5.91 Å². The first-order chi connectivity index (χ1) is 9.45. The molecule has 7 heteroatoms. The fraction of sp³-hybridized carbons (Fsp3) is 0.231. The Morgan fingerprint density at radius 1 is 1.40 bits per heavy atom. The SMILES string of the molecule is Cc1cc(NC(=O)[C@@H](N)Cc2ccc(O)c(O)c2)no1. The number of rotatable bonds is 4. The summed E-state index contributed by atoms with van der Waals surface area (Å²) in [5.74, 6) is 0.00627. The van der Waals surface area contributed by atoms with Gasteiger partial charge >= 0.3 is 0 Å². The van der Waals surface area contributed by atoms with Crippen LogP contribution < -0.4 is 11.1 Å².